The van der Waals surface area contributed by atoms with Gasteiger partial charge in [-0.3, -0.25) is 10.1 Å². The van der Waals surface area contributed by atoms with Gasteiger partial charge in [-0.1, -0.05) is 34.9 Å². The predicted octanol–water partition coefficient (Wildman–Crippen LogP) is 3.63. The van der Waals surface area contributed by atoms with Crippen molar-refractivity contribution in [2.75, 3.05) is 5.32 Å². The van der Waals surface area contributed by atoms with Crippen LogP contribution in [0.1, 0.15) is 21.1 Å². The van der Waals surface area contributed by atoms with Crippen molar-refractivity contribution in [2.24, 2.45) is 0 Å². The van der Waals surface area contributed by atoms with E-state index in [9.17, 15) is 4.79 Å². The first-order chi connectivity index (χ1) is 10.2. The molecule has 3 rings (SSSR count). The number of nitrogens with one attached hydrogen (secondary N) is 1. The zero-order valence-corrected chi connectivity index (χ0v) is 12.3. The number of benzene rings is 1. The molecule has 1 N–H and O–H groups in total. The summed E-state index contributed by atoms with van der Waals surface area (Å²) in [5, 5.41) is 12.6. The molecule has 0 atom stereocenters. The van der Waals surface area contributed by atoms with Crippen LogP contribution in [0.2, 0.25) is 5.02 Å². The maximum Gasteiger partial charge on any atom is 0.322 e. The number of rotatable bonds is 4. The molecule has 0 saturated carbocycles. The minimum absolute atomic E-state index is 0.0616. The van der Waals surface area contributed by atoms with Gasteiger partial charge < -0.3 is 4.42 Å². The van der Waals surface area contributed by atoms with E-state index >= 15 is 0 Å². The van der Waals surface area contributed by atoms with Gasteiger partial charge in [-0.2, -0.15) is 0 Å². The van der Waals surface area contributed by atoms with Crippen molar-refractivity contribution in [3.63, 3.8) is 0 Å². The molecular formula is C14H10ClN3O2S. The summed E-state index contributed by atoms with van der Waals surface area (Å²) in [6.45, 7) is 0. The molecule has 106 valence electrons. The molecule has 0 unspecified atom stereocenters. The second-order valence-corrected chi connectivity index (χ2v) is 5.63. The first kappa shape index (κ1) is 13.8. The van der Waals surface area contributed by atoms with E-state index in [0.717, 1.165) is 4.88 Å². The summed E-state index contributed by atoms with van der Waals surface area (Å²) in [6.07, 6.45) is 0.548. The number of aromatic nitrogens is 2. The molecule has 7 heteroatoms. The normalized spacial score (nSPS) is 10.5. The highest BCUT2D eigenvalue weighted by atomic mass is 35.5. The first-order valence-corrected chi connectivity index (χ1v) is 7.39. The summed E-state index contributed by atoms with van der Waals surface area (Å²) in [4.78, 5) is 13.2. The van der Waals surface area contributed by atoms with Crippen molar-refractivity contribution in [2.45, 2.75) is 6.42 Å². The molecule has 2 aromatic heterocycles. The maximum atomic E-state index is 12.0. The van der Waals surface area contributed by atoms with Crippen molar-refractivity contribution in [3.8, 4) is 0 Å². The summed E-state index contributed by atoms with van der Waals surface area (Å²) in [6, 6.07) is 10.8. The Balaban J connectivity index is 1.70. The molecule has 0 aliphatic heterocycles. The lowest BCUT2D eigenvalue weighted by Crippen LogP contribution is -2.12. The third kappa shape index (κ3) is 3.29. The molecular weight excluding hydrogens is 310 g/mol. The van der Waals surface area contributed by atoms with Crippen LogP contribution in [0.5, 0.6) is 0 Å². The molecule has 0 aliphatic rings. The summed E-state index contributed by atoms with van der Waals surface area (Å²) in [5.41, 5.74) is 0.358. The number of carbonyl (C=O) groups is 1. The van der Waals surface area contributed by atoms with Gasteiger partial charge in [0.25, 0.3) is 5.91 Å². The van der Waals surface area contributed by atoms with Crippen LogP contribution < -0.4 is 5.32 Å². The van der Waals surface area contributed by atoms with Crippen LogP contribution >= 0.6 is 22.9 Å². The molecule has 0 fully saturated rings. The molecule has 0 radical (unpaired) electrons. The summed E-state index contributed by atoms with van der Waals surface area (Å²) >= 11 is 7.57. The van der Waals surface area contributed by atoms with E-state index in [1.165, 1.54) is 0 Å². The first-order valence-electron chi connectivity index (χ1n) is 6.13. The lowest BCUT2D eigenvalue weighted by Gasteiger charge is -2.02. The second kappa shape index (κ2) is 6.07. The molecule has 5 nitrogen and oxygen atoms in total. The SMILES string of the molecule is O=C(Nc1nnc(Cc2cccs2)o1)c1ccccc1Cl. The third-order valence-electron chi connectivity index (χ3n) is 2.71. The molecule has 3 aromatic rings. The standard InChI is InChI=1S/C14H10ClN3O2S/c15-11-6-2-1-5-10(11)13(19)16-14-18-17-12(20-14)8-9-4-3-7-21-9/h1-7H,8H2,(H,16,18,19). The van der Waals surface area contributed by atoms with Gasteiger partial charge in [0.2, 0.25) is 5.89 Å². The molecule has 1 aromatic carbocycles. The fraction of sp³-hybridized carbons (Fsp3) is 0.0714. The van der Waals surface area contributed by atoms with Gasteiger partial charge in [0.15, 0.2) is 0 Å². The lowest BCUT2D eigenvalue weighted by molar-refractivity contribution is 0.102. The average molecular weight is 320 g/mol. The highest BCUT2D eigenvalue weighted by Crippen LogP contribution is 2.18. The van der Waals surface area contributed by atoms with Crippen molar-refractivity contribution < 1.29 is 9.21 Å². The number of anilines is 1. The van der Waals surface area contributed by atoms with Crippen LogP contribution in [0.15, 0.2) is 46.2 Å². The number of amides is 1. The molecule has 0 bridgehead atoms. The number of thiophene rings is 1. The number of hydrogen-bond acceptors (Lipinski definition) is 5. The van der Waals surface area contributed by atoms with Gasteiger partial charge in [0.1, 0.15) is 0 Å². The van der Waals surface area contributed by atoms with Crippen LogP contribution in [0.4, 0.5) is 6.01 Å². The van der Waals surface area contributed by atoms with Crippen molar-refractivity contribution in [1.29, 1.82) is 0 Å². The number of carbonyl (C=O) groups excluding carboxylic acids is 1. The largest absolute Gasteiger partial charge is 0.407 e. The maximum absolute atomic E-state index is 12.0. The molecule has 0 spiro atoms. The fourth-order valence-corrected chi connectivity index (χ4v) is 2.66. The quantitative estimate of drug-likeness (QED) is 0.797. The Hall–Kier alpha value is -2.18. The topological polar surface area (TPSA) is 68.0 Å². The number of hydrogen-bond donors (Lipinski definition) is 1. The average Bonchev–Trinajstić information content (AvgIpc) is 3.12. The Morgan fingerprint density at radius 1 is 1.24 bits per heavy atom. The van der Waals surface area contributed by atoms with Gasteiger partial charge in [0.05, 0.1) is 17.0 Å². The van der Waals surface area contributed by atoms with Crippen LogP contribution in [0, 0.1) is 0 Å². The number of nitrogens with zero attached hydrogens (tertiary/aromatic N) is 2. The molecule has 0 aliphatic carbocycles. The Labute approximate surface area is 129 Å². The third-order valence-corrected chi connectivity index (χ3v) is 3.92. The van der Waals surface area contributed by atoms with E-state index in [1.807, 2.05) is 17.5 Å². The number of halogens is 1. The van der Waals surface area contributed by atoms with Crippen molar-refractivity contribution in [3.05, 3.63) is 63.1 Å². The molecule has 2 heterocycles. The van der Waals surface area contributed by atoms with Gasteiger partial charge in [-0.05, 0) is 23.6 Å². The fourth-order valence-electron chi connectivity index (χ4n) is 1.75. The van der Waals surface area contributed by atoms with Crippen LogP contribution in [-0.2, 0) is 6.42 Å². The summed E-state index contributed by atoms with van der Waals surface area (Å²) in [7, 11) is 0. The van der Waals surface area contributed by atoms with Gasteiger partial charge >= 0.3 is 6.01 Å². The van der Waals surface area contributed by atoms with Crippen LogP contribution in [-0.4, -0.2) is 16.1 Å². The minimum atomic E-state index is -0.382. The summed E-state index contributed by atoms with van der Waals surface area (Å²) in [5.74, 6) is 0.0684. The van der Waals surface area contributed by atoms with Crippen molar-refractivity contribution >= 4 is 34.9 Å². The van der Waals surface area contributed by atoms with Crippen LogP contribution in [0.25, 0.3) is 0 Å². The Bertz CT molecular complexity index is 755. The predicted molar refractivity (Wildman–Crippen MR) is 80.8 cm³/mol. The van der Waals surface area contributed by atoms with E-state index < -0.39 is 0 Å². The zero-order chi connectivity index (χ0) is 14.7. The zero-order valence-electron chi connectivity index (χ0n) is 10.7. The Morgan fingerprint density at radius 3 is 2.86 bits per heavy atom. The van der Waals surface area contributed by atoms with E-state index in [4.69, 9.17) is 16.0 Å². The smallest absolute Gasteiger partial charge is 0.322 e. The van der Waals surface area contributed by atoms with E-state index in [2.05, 4.69) is 15.5 Å². The second-order valence-electron chi connectivity index (χ2n) is 4.19. The van der Waals surface area contributed by atoms with E-state index in [0.29, 0.717) is 22.9 Å². The summed E-state index contributed by atoms with van der Waals surface area (Å²) < 4.78 is 5.40. The lowest BCUT2D eigenvalue weighted by atomic mass is 10.2. The minimum Gasteiger partial charge on any atom is -0.407 e. The molecule has 21 heavy (non-hydrogen) atoms. The van der Waals surface area contributed by atoms with Gasteiger partial charge in [-0.25, -0.2) is 0 Å². The highest BCUT2D eigenvalue weighted by molar-refractivity contribution is 7.09. The van der Waals surface area contributed by atoms with E-state index in [1.54, 1.807) is 35.6 Å². The highest BCUT2D eigenvalue weighted by Gasteiger charge is 2.14. The Morgan fingerprint density at radius 2 is 2.10 bits per heavy atom. The monoisotopic (exact) mass is 319 g/mol. The molecule has 1 amide bonds. The Kier molecular flexibility index (Phi) is 3.98. The van der Waals surface area contributed by atoms with Gasteiger partial charge in [0, 0.05) is 4.88 Å². The van der Waals surface area contributed by atoms with E-state index in [-0.39, 0.29) is 11.9 Å². The van der Waals surface area contributed by atoms with Crippen molar-refractivity contribution in [1.82, 2.24) is 10.2 Å². The molecule has 0 saturated heterocycles. The van der Waals surface area contributed by atoms with Crippen LogP contribution in [0.3, 0.4) is 0 Å². The van der Waals surface area contributed by atoms with Gasteiger partial charge in [-0.15, -0.1) is 16.4 Å².